The zero-order chi connectivity index (χ0) is 29.4. The number of anilines is 5. The van der Waals surface area contributed by atoms with Crippen molar-refractivity contribution in [3.05, 3.63) is 59.2 Å². The molecule has 2 aliphatic heterocycles. The molecule has 3 heterocycles. The van der Waals surface area contributed by atoms with Crippen molar-refractivity contribution in [2.75, 3.05) is 55.4 Å². The topological polar surface area (TPSA) is 77.6 Å². The summed E-state index contributed by atoms with van der Waals surface area (Å²) in [5, 5.41) is 11.0. The van der Waals surface area contributed by atoms with Gasteiger partial charge in [-0.15, -0.1) is 0 Å². The van der Waals surface area contributed by atoms with E-state index in [0.717, 1.165) is 49.2 Å². The third-order valence-electron chi connectivity index (χ3n) is 9.37. The van der Waals surface area contributed by atoms with Gasteiger partial charge in [-0.1, -0.05) is 49.1 Å². The van der Waals surface area contributed by atoms with Crippen LogP contribution in [0.4, 0.5) is 28.8 Å². The quantitative estimate of drug-likeness (QED) is 0.213. The molecular weight excluding hydrogens is 558 g/mol. The van der Waals surface area contributed by atoms with Gasteiger partial charge in [-0.05, 0) is 88.3 Å². The summed E-state index contributed by atoms with van der Waals surface area (Å²) in [6.45, 7) is 5.65. The first-order valence-electron chi connectivity index (χ1n) is 16.2. The van der Waals surface area contributed by atoms with E-state index in [1.54, 1.807) is 13.3 Å². The maximum Gasteiger partial charge on any atom is 0.229 e. The van der Waals surface area contributed by atoms with Crippen LogP contribution in [0.1, 0.15) is 63.4 Å². The van der Waals surface area contributed by atoms with E-state index < -0.39 is 0 Å². The van der Waals surface area contributed by atoms with Gasteiger partial charge in [0.2, 0.25) is 5.95 Å². The van der Waals surface area contributed by atoms with Crippen LogP contribution in [0, 0.1) is 0 Å². The van der Waals surface area contributed by atoms with Crippen LogP contribution in [0.5, 0.6) is 5.75 Å². The van der Waals surface area contributed by atoms with E-state index in [-0.39, 0.29) is 0 Å². The molecular formula is C34H46ClN7O. The summed E-state index contributed by atoms with van der Waals surface area (Å²) in [7, 11) is 1.71. The maximum atomic E-state index is 6.56. The first kappa shape index (κ1) is 30.0. The molecule has 0 radical (unpaired) electrons. The summed E-state index contributed by atoms with van der Waals surface area (Å²) in [4.78, 5) is 14.4. The summed E-state index contributed by atoms with van der Waals surface area (Å²) in [5.74, 6) is 1.80. The Morgan fingerprint density at radius 2 is 1.67 bits per heavy atom. The lowest BCUT2D eigenvalue weighted by atomic mass is 9.99. The van der Waals surface area contributed by atoms with E-state index in [1.807, 2.05) is 6.07 Å². The van der Waals surface area contributed by atoms with E-state index in [0.29, 0.717) is 22.8 Å². The number of hydrogen-bond donors (Lipinski definition) is 3. The summed E-state index contributed by atoms with van der Waals surface area (Å²) in [6.07, 6.45) is 14.4. The maximum absolute atomic E-state index is 6.56. The van der Waals surface area contributed by atoms with E-state index in [9.17, 15) is 0 Å². The van der Waals surface area contributed by atoms with Gasteiger partial charge in [-0.3, -0.25) is 0 Å². The van der Waals surface area contributed by atoms with Crippen LogP contribution in [-0.4, -0.2) is 66.8 Å². The standard InChI is InChI=1S/C34H46ClN7O/c1-43-32-23-28(42-21-16-27(17-22-42)41-19-7-2-8-20-41)13-14-31(32)39-34-37-24-29(35)33(40-34)38-30-12-6-3-9-25(30)15-18-36-26-10-4-5-11-26/h3,6,9,12-14,23-24,26-27,36H,2,4-5,7-8,10-11,15-22H2,1H3,(H2,37,38,39,40). The van der Waals surface area contributed by atoms with Crippen LogP contribution in [0.15, 0.2) is 48.7 Å². The largest absolute Gasteiger partial charge is 0.494 e. The SMILES string of the molecule is COc1cc(N2CCC(N3CCCCC3)CC2)ccc1Nc1ncc(Cl)c(Nc2ccccc2CCNC2CCCC2)n1. The Morgan fingerprint density at radius 3 is 2.47 bits per heavy atom. The molecule has 2 saturated heterocycles. The van der Waals surface area contributed by atoms with Crippen molar-refractivity contribution < 1.29 is 4.74 Å². The van der Waals surface area contributed by atoms with Crippen LogP contribution in [0.3, 0.4) is 0 Å². The fraction of sp³-hybridized carbons (Fsp3) is 0.529. The highest BCUT2D eigenvalue weighted by Gasteiger charge is 2.26. The molecule has 0 unspecified atom stereocenters. The number of ether oxygens (including phenoxy) is 1. The fourth-order valence-electron chi connectivity index (χ4n) is 6.92. The molecule has 3 N–H and O–H groups in total. The zero-order valence-electron chi connectivity index (χ0n) is 25.5. The molecule has 9 heteroatoms. The summed E-state index contributed by atoms with van der Waals surface area (Å²) in [5.41, 5.74) is 4.25. The van der Waals surface area contributed by atoms with Crippen LogP contribution in [0.2, 0.25) is 5.02 Å². The number of nitrogens with one attached hydrogen (secondary N) is 3. The highest BCUT2D eigenvalue weighted by molar-refractivity contribution is 6.32. The summed E-state index contributed by atoms with van der Waals surface area (Å²) < 4.78 is 5.80. The number of benzene rings is 2. The van der Waals surface area contributed by atoms with Crippen LogP contribution in [0.25, 0.3) is 0 Å². The number of likely N-dealkylation sites (tertiary alicyclic amines) is 1. The summed E-state index contributed by atoms with van der Waals surface area (Å²) in [6, 6.07) is 16.1. The Labute approximate surface area is 261 Å². The van der Waals surface area contributed by atoms with Crippen molar-refractivity contribution in [3.63, 3.8) is 0 Å². The molecule has 3 aromatic rings. The Bertz CT molecular complexity index is 1330. The Hall–Kier alpha value is -3.07. The predicted octanol–water partition coefficient (Wildman–Crippen LogP) is 7.16. The molecule has 1 saturated carbocycles. The molecule has 1 aromatic heterocycles. The minimum Gasteiger partial charge on any atom is -0.494 e. The minimum absolute atomic E-state index is 0.459. The predicted molar refractivity (Wildman–Crippen MR) is 178 cm³/mol. The average molecular weight is 604 g/mol. The van der Waals surface area contributed by atoms with Gasteiger partial charge in [0.25, 0.3) is 0 Å². The van der Waals surface area contributed by atoms with Crippen LogP contribution in [-0.2, 0) is 6.42 Å². The van der Waals surface area contributed by atoms with Gasteiger partial charge in [-0.2, -0.15) is 4.98 Å². The van der Waals surface area contributed by atoms with Crippen molar-refractivity contribution in [3.8, 4) is 5.75 Å². The lowest BCUT2D eigenvalue weighted by Gasteiger charge is -2.41. The Morgan fingerprint density at radius 1 is 0.884 bits per heavy atom. The van der Waals surface area contributed by atoms with Crippen molar-refractivity contribution in [2.24, 2.45) is 0 Å². The molecule has 1 aliphatic carbocycles. The van der Waals surface area contributed by atoms with Crippen molar-refractivity contribution >= 4 is 40.4 Å². The van der Waals surface area contributed by atoms with Gasteiger partial charge < -0.3 is 30.5 Å². The van der Waals surface area contributed by atoms with Gasteiger partial charge in [0.1, 0.15) is 10.8 Å². The molecule has 3 aliphatic rings. The number of halogens is 1. The van der Waals surface area contributed by atoms with Gasteiger partial charge in [0, 0.05) is 42.6 Å². The number of aromatic nitrogens is 2. The number of methoxy groups -OCH3 is 1. The molecule has 3 fully saturated rings. The first-order chi connectivity index (χ1) is 21.2. The smallest absolute Gasteiger partial charge is 0.229 e. The van der Waals surface area contributed by atoms with Gasteiger partial charge >= 0.3 is 0 Å². The summed E-state index contributed by atoms with van der Waals surface area (Å²) >= 11 is 6.56. The molecule has 0 atom stereocenters. The molecule has 2 aromatic carbocycles. The molecule has 8 nitrogen and oxygen atoms in total. The third kappa shape index (κ3) is 7.72. The van der Waals surface area contributed by atoms with E-state index in [1.165, 1.54) is 82.1 Å². The van der Waals surface area contributed by atoms with Crippen molar-refractivity contribution in [2.45, 2.75) is 76.3 Å². The highest BCUT2D eigenvalue weighted by Crippen LogP contribution is 2.34. The lowest BCUT2D eigenvalue weighted by molar-refractivity contribution is 0.141. The van der Waals surface area contributed by atoms with E-state index in [2.05, 4.69) is 67.1 Å². The molecule has 230 valence electrons. The normalized spacial score (nSPS) is 18.6. The van der Waals surface area contributed by atoms with E-state index >= 15 is 0 Å². The fourth-order valence-corrected chi connectivity index (χ4v) is 7.06. The second-order valence-electron chi connectivity index (χ2n) is 12.2. The second kappa shape index (κ2) is 14.6. The number of piperidine rings is 2. The molecule has 43 heavy (non-hydrogen) atoms. The minimum atomic E-state index is 0.459. The molecule has 0 bridgehead atoms. The van der Waals surface area contributed by atoms with Gasteiger partial charge in [0.05, 0.1) is 19.0 Å². The number of hydrogen-bond acceptors (Lipinski definition) is 8. The van der Waals surface area contributed by atoms with Gasteiger partial charge in [-0.25, -0.2) is 4.98 Å². The van der Waals surface area contributed by atoms with Gasteiger partial charge in [0.15, 0.2) is 5.82 Å². The number of rotatable bonds is 11. The average Bonchev–Trinajstić information content (AvgIpc) is 3.58. The van der Waals surface area contributed by atoms with Crippen molar-refractivity contribution in [1.82, 2.24) is 20.2 Å². The first-order valence-corrected chi connectivity index (χ1v) is 16.6. The molecule has 0 spiro atoms. The zero-order valence-corrected chi connectivity index (χ0v) is 26.2. The molecule has 0 amide bonds. The van der Waals surface area contributed by atoms with E-state index in [4.69, 9.17) is 21.3 Å². The lowest BCUT2D eigenvalue weighted by Crippen LogP contribution is -2.46. The molecule has 6 rings (SSSR count). The van der Waals surface area contributed by atoms with Crippen molar-refractivity contribution in [1.29, 1.82) is 0 Å². The number of nitrogens with zero attached hydrogens (tertiary/aromatic N) is 4. The highest BCUT2D eigenvalue weighted by atomic mass is 35.5. The van der Waals surface area contributed by atoms with Crippen LogP contribution >= 0.6 is 11.6 Å². The monoisotopic (exact) mass is 603 g/mol. The third-order valence-corrected chi connectivity index (χ3v) is 9.64. The number of para-hydroxylation sites is 1. The van der Waals surface area contributed by atoms with Crippen LogP contribution < -0.4 is 25.6 Å². The Kier molecular flexibility index (Phi) is 10.2. The second-order valence-corrected chi connectivity index (χ2v) is 12.6. The Balaban J connectivity index is 1.09.